The van der Waals surface area contributed by atoms with E-state index in [1.165, 1.54) is 30.3 Å². The van der Waals surface area contributed by atoms with Gasteiger partial charge in [-0.15, -0.1) is 0 Å². The summed E-state index contributed by atoms with van der Waals surface area (Å²) in [5.41, 5.74) is 7.63. The van der Waals surface area contributed by atoms with Crippen LogP contribution >= 0.6 is 28.1 Å². The number of halogens is 2. The van der Waals surface area contributed by atoms with E-state index < -0.39 is 5.82 Å². The van der Waals surface area contributed by atoms with E-state index >= 15 is 0 Å². The largest absolute Gasteiger partial charge is 0.462 e. The molecule has 0 aliphatic heterocycles. The maximum absolute atomic E-state index is 13.4. The normalized spacial score (nSPS) is 19.5. The molecule has 1 fully saturated rings. The highest BCUT2D eigenvalue weighted by molar-refractivity contribution is 9.10. The smallest absolute Gasteiger partial charge is 0.293 e. The van der Waals surface area contributed by atoms with Crippen molar-refractivity contribution in [3.05, 3.63) is 28.5 Å². The number of benzene rings is 1. The number of carbonyl (C=O) groups excluding carboxylic acids is 1. The fourth-order valence-corrected chi connectivity index (χ4v) is 3.79. The summed E-state index contributed by atoms with van der Waals surface area (Å²) in [7, 11) is 1.85. The van der Waals surface area contributed by atoms with Crippen LogP contribution in [-0.4, -0.2) is 59.0 Å². The zero-order chi connectivity index (χ0) is 26.4. The first-order valence-electron chi connectivity index (χ1n) is 10.7. The van der Waals surface area contributed by atoms with Crippen LogP contribution in [0.4, 0.5) is 10.1 Å². The predicted octanol–water partition coefficient (Wildman–Crippen LogP) is 3.43. The van der Waals surface area contributed by atoms with Gasteiger partial charge in [0.15, 0.2) is 17.4 Å². The lowest BCUT2D eigenvalue weighted by atomic mass is 9.92. The third-order valence-corrected chi connectivity index (χ3v) is 5.83. The summed E-state index contributed by atoms with van der Waals surface area (Å²) in [5, 5.41) is 21.9. The van der Waals surface area contributed by atoms with Gasteiger partial charge in [-0.3, -0.25) is 25.2 Å². The molecule has 1 aromatic carbocycles. The van der Waals surface area contributed by atoms with E-state index in [2.05, 4.69) is 45.3 Å². The molecule has 1 aliphatic carbocycles. The molecule has 7 N–H and O–H groups in total. The summed E-state index contributed by atoms with van der Waals surface area (Å²) in [6.45, 7) is 5.92. The topological polar surface area (TPSA) is 166 Å². The van der Waals surface area contributed by atoms with E-state index in [0.29, 0.717) is 18.2 Å². The Morgan fingerprint density at radius 3 is 2.43 bits per heavy atom. The number of hydroxylamine groups is 1. The van der Waals surface area contributed by atoms with E-state index in [0.717, 1.165) is 25.7 Å². The lowest BCUT2D eigenvalue weighted by Gasteiger charge is -2.26. The second-order valence-electron chi connectivity index (χ2n) is 8.39. The lowest BCUT2D eigenvalue weighted by molar-refractivity contribution is -0.138. The molecule has 0 radical (unpaired) electrons. The summed E-state index contributed by atoms with van der Waals surface area (Å²) >= 11 is 4.52. The molecule has 0 bridgehead atoms. The van der Waals surface area contributed by atoms with Crippen LogP contribution in [0.25, 0.3) is 0 Å². The minimum atomic E-state index is -0.451. The van der Waals surface area contributed by atoms with Crippen molar-refractivity contribution in [3.8, 4) is 0 Å². The summed E-state index contributed by atoms with van der Waals surface area (Å²) < 4.78 is 24.4. The number of oxime groups is 1. The Morgan fingerprint density at radius 1 is 1.31 bits per heavy atom. The predicted molar refractivity (Wildman–Crippen MR) is 140 cm³/mol. The quantitative estimate of drug-likeness (QED) is 0.0677. The van der Waals surface area contributed by atoms with Crippen molar-refractivity contribution < 1.29 is 24.3 Å². The number of nitrogens with zero attached hydrogens (tertiary/aromatic N) is 3. The van der Waals surface area contributed by atoms with Crippen molar-refractivity contribution in [1.82, 2.24) is 14.9 Å². The number of hydrogen-bond acceptors (Lipinski definition) is 10. The molecule has 35 heavy (non-hydrogen) atoms. The zero-order valence-corrected chi connectivity index (χ0v) is 22.5. The number of nitrogens with two attached hydrogens (primary N) is 1. The molecule has 1 saturated carbocycles. The Balaban J connectivity index is 0.000000762. The molecular formula is C21H33BrFN7O4S. The zero-order valence-electron chi connectivity index (χ0n) is 20.1. The number of hydrogen-bond donors (Lipinski definition) is 6. The maximum atomic E-state index is 13.4. The molecule has 0 spiro atoms. The molecular weight excluding hydrogens is 545 g/mol. The molecule has 0 heterocycles. The van der Waals surface area contributed by atoms with Crippen molar-refractivity contribution in [2.75, 3.05) is 7.05 Å². The number of amidine groups is 2. The number of rotatable bonds is 8. The molecule has 0 amide bonds. The Morgan fingerprint density at radius 2 is 1.97 bits per heavy atom. The molecule has 196 valence electrons. The lowest BCUT2D eigenvalue weighted by Crippen LogP contribution is -2.40. The molecule has 0 aromatic heterocycles. The van der Waals surface area contributed by atoms with Crippen molar-refractivity contribution in [3.63, 3.8) is 0 Å². The summed E-state index contributed by atoms with van der Waals surface area (Å²) in [6, 6.07) is 4.40. The molecule has 0 unspecified atom stereocenters. The molecule has 14 heteroatoms. The Bertz CT molecular complexity index is 904. The fraction of sp³-hybridized carbons (Fsp3) is 0.524. The van der Waals surface area contributed by atoms with Crippen LogP contribution in [0.3, 0.4) is 0 Å². The standard InChI is InChI=1S/C16H23BrFN7O2S.C5H10O2/c1-20-28-25-10-4-2-9(3-5-10)21-15(19)14(23-26)16(24-27)22-11-6-7-13(18)12(17)8-11;1-5(2,3)7-4-6/h6-10,20,25-27H,2-5H2,1H3,(H2,19,21)(H,22,24);4H,1-3H3/b23-14+;. The first-order chi connectivity index (χ1) is 16.5. The molecule has 0 atom stereocenters. The van der Waals surface area contributed by atoms with Gasteiger partial charge in [0.1, 0.15) is 11.4 Å². The second-order valence-corrected chi connectivity index (χ2v) is 10.1. The van der Waals surface area contributed by atoms with Gasteiger partial charge in [0, 0.05) is 18.2 Å². The molecule has 0 saturated heterocycles. The number of nitrogens with one attached hydrogen (secondary N) is 3. The summed E-state index contributed by atoms with van der Waals surface area (Å²) in [5.74, 6) is -0.708. The van der Waals surface area contributed by atoms with Gasteiger partial charge < -0.3 is 15.7 Å². The summed E-state index contributed by atoms with van der Waals surface area (Å²) in [6.07, 6.45) is 3.52. The Labute approximate surface area is 217 Å². The van der Waals surface area contributed by atoms with Crippen LogP contribution in [0.5, 0.6) is 0 Å². The second kappa shape index (κ2) is 15.7. The van der Waals surface area contributed by atoms with Crippen LogP contribution in [-0.2, 0) is 9.53 Å². The van der Waals surface area contributed by atoms with Gasteiger partial charge in [-0.25, -0.2) is 14.1 Å². The average Bonchev–Trinajstić information content (AvgIpc) is 2.80. The van der Waals surface area contributed by atoms with Crippen LogP contribution < -0.4 is 20.7 Å². The van der Waals surface area contributed by atoms with Crippen molar-refractivity contribution in [1.29, 1.82) is 0 Å². The molecule has 2 rings (SSSR count). The summed E-state index contributed by atoms with van der Waals surface area (Å²) in [4.78, 5) is 18.1. The van der Waals surface area contributed by atoms with E-state index in [9.17, 15) is 19.6 Å². The number of aliphatic imine (C=N–C) groups is 2. The van der Waals surface area contributed by atoms with Gasteiger partial charge in [-0.2, -0.15) is 0 Å². The third kappa shape index (κ3) is 11.8. The minimum absolute atomic E-state index is 0.0192. The van der Waals surface area contributed by atoms with Crippen LogP contribution in [0.1, 0.15) is 46.5 Å². The molecule has 1 aromatic rings. The number of ether oxygens (including phenoxy) is 1. The van der Waals surface area contributed by atoms with Gasteiger partial charge >= 0.3 is 0 Å². The first kappa shape index (κ1) is 30.8. The first-order valence-corrected chi connectivity index (χ1v) is 12.3. The minimum Gasteiger partial charge on any atom is -0.462 e. The number of carbonyl (C=O) groups is 1. The van der Waals surface area contributed by atoms with Crippen LogP contribution in [0.2, 0.25) is 0 Å². The average molecular weight is 579 g/mol. The highest BCUT2D eigenvalue weighted by atomic mass is 79.9. The van der Waals surface area contributed by atoms with Gasteiger partial charge in [0.25, 0.3) is 6.47 Å². The van der Waals surface area contributed by atoms with Gasteiger partial charge in [0.05, 0.1) is 16.2 Å². The fourth-order valence-electron chi connectivity index (χ4n) is 2.90. The molecule has 11 nitrogen and oxygen atoms in total. The Hall–Kier alpha value is -2.26. The van der Waals surface area contributed by atoms with Crippen molar-refractivity contribution in [2.45, 2.75) is 64.1 Å². The van der Waals surface area contributed by atoms with Crippen LogP contribution in [0.15, 0.2) is 37.8 Å². The van der Waals surface area contributed by atoms with E-state index in [4.69, 9.17) is 5.73 Å². The molecule has 1 aliphatic rings. The Kier molecular flexibility index (Phi) is 13.8. The van der Waals surface area contributed by atoms with E-state index in [-0.39, 0.29) is 33.5 Å². The highest BCUT2D eigenvalue weighted by Crippen LogP contribution is 2.23. The SMILES string of the molecule is CC(C)(C)OC=O.CNSNC1CCC(N=C(N)/C(=N\O)C(=Nc2ccc(F)c(Br)c2)NO)CC1. The van der Waals surface area contributed by atoms with Gasteiger partial charge in [0.2, 0.25) is 0 Å². The van der Waals surface area contributed by atoms with E-state index in [1.54, 1.807) is 0 Å². The third-order valence-electron chi connectivity index (χ3n) is 4.56. The maximum Gasteiger partial charge on any atom is 0.293 e. The van der Waals surface area contributed by atoms with Crippen molar-refractivity contribution in [2.24, 2.45) is 20.9 Å². The van der Waals surface area contributed by atoms with Crippen LogP contribution in [0, 0.1) is 5.82 Å². The monoisotopic (exact) mass is 577 g/mol. The van der Waals surface area contributed by atoms with Gasteiger partial charge in [-0.1, -0.05) is 5.16 Å². The van der Waals surface area contributed by atoms with Crippen molar-refractivity contribution >= 4 is 57.6 Å². The van der Waals surface area contributed by atoms with Gasteiger partial charge in [-0.05, 0) is 87.6 Å². The van der Waals surface area contributed by atoms with E-state index in [1.807, 2.05) is 33.3 Å². The highest BCUT2D eigenvalue weighted by Gasteiger charge is 2.23.